The molecule has 0 aromatic carbocycles. The van der Waals surface area contributed by atoms with Crippen LogP contribution in [0.15, 0.2) is 10.2 Å². The van der Waals surface area contributed by atoms with E-state index in [0.717, 1.165) is 0 Å². The molecule has 1 rings (SSSR count). The fourth-order valence-corrected chi connectivity index (χ4v) is 1.04. The number of hydrogen-bond acceptors (Lipinski definition) is 5. The van der Waals surface area contributed by atoms with Crippen LogP contribution in [-0.2, 0) is 9.53 Å². The number of ether oxygens (including phenoxy) is 1. The number of esters is 1. The second-order valence-electron chi connectivity index (χ2n) is 4.76. The quantitative estimate of drug-likeness (QED) is 0.694. The zero-order valence-corrected chi connectivity index (χ0v) is 9.07. The first-order valence-corrected chi connectivity index (χ1v) is 4.64. The number of nitrogens with two attached hydrogens (primary N) is 1. The van der Waals surface area contributed by atoms with Gasteiger partial charge >= 0.3 is 5.97 Å². The van der Waals surface area contributed by atoms with Gasteiger partial charge in [-0.15, -0.1) is 0 Å². The molecular weight excluding hydrogens is 182 g/mol. The Hall–Kier alpha value is -0.970. The van der Waals surface area contributed by atoms with Crippen molar-refractivity contribution in [2.45, 2.75) is 51.4 Å². The Kier molecular flexibility index (Phi) is 2.63. The number of carbonyl (C=O) groups is 1. The highest BCUT2D eigenvalue weighted by molar-refractivity contribution is 5.76. The molecule has 0 aromatic rings. The molecule has 0 saturated heterocycles. The summed E-state index contributed by atoms with van der Waals surface area (Å²) >= 11 is 0. The molecule has 5 nitrogen and oxygen atoms in total. The van der Waals surface area contributed by atoms with E-state index < -0.39 is 23.3 Å². The fraction of sp³-hybridized carbons (Fsp3) is 0.889. The Balaban J connectivity index is 2.37. The van der Waals surface area contributed by atoms with Crippen molar-refractivity contribution >= 4 is 5.97 Å². The molecule has 1 aliphatic rings. The molecule has 0 fully saturated rings. The maximum absolute atomic E-state index is 11.4. The average Bonchev–Trinajstić information content (AvgIpc) is 2.63. The Labute approximate surface area is 83.7 Å². The average molecular weight is 199 g/mol. The molecule has 0 aromatic heterocycles. The van der Waals surface area contributed by atoms with Crippen molar-refractivity contribution in [3.05, 3.63) is 0 Å². The Morgan fingerprint density at radius 3 is 2.36 bits per heavy atom. The van der Waals surface area contributed by atoms with Crippen LogP contribution in [0.2, 0.25) is 0 Å². The molecule has 0 amide bonds. The predicted octanol–water partition coefficient (Wildman–Crippen LogP) is 1.23. The zero-order valence-electron chi connectivity index (χ0n) is 9.07. The molecule has 1 aliphatic heterocycles. The van der Waals surface area contributed by atoms with Gasteiger partial charge in [0.15, 0.2) is 5.66 Å². The lowest BCUT2D eigenvalue weighted by Gasteiger charge is -2.22. The van der Waals surface area contributed by atoms with Crippen molar-refractivity contribution in [3.8, 4) is 0 Å². The van der Waals surface area contributed by atoms with Gasteiger partial charge in [-0.2, -0.15) is 10.2 Å². The second kappa shape index (κ2) is 3.31. The first kappa shape index (κ1) is 11.1. The van der Waals surface area contributed by atoms with E-state index in [9.17, 15) is 4.79 Å². The molecule has 0 bridgehead atoms. The summed E-state index contributed by atoms with van der Waals surface area (Å²) in [6, 6.07) is -0.644. The third-order valence-electron chi connectivity index (χ3n) is 1.76. The lowest BCUT2D eigenvalue weighted by molar-refractivity contribution is -0.156. The smallest absolute Gasteiger partial charge is 0.323 e. The minimum Gasteiger partial charge on any atom is -0.459 e. The van der Waals surface area contributed by atoms with E-state index in [4.69, 9.17) is 10.5 Å². The van der Waals surface area contributed by atoms with E-state index in [-0.39, 0.29) is 0 Å². The maximum Gasteiger partial charge on any atom is 0.323 e. The molecule has 5 heteroatoms. The molecule has 0 unspecified atom stereocenters. The Morgan fingerprint density at radius 2 is 2.00 bits per heavy atom. The first-order valence-electron chi connectivity index (χ1n) is 4.64. The molecule has 14 heavy (non-hydrogen) atoms. The van der Waals surface area contributed by atoms with E-state index in [0.29, 0.717) is 6.42 Å². The molecule has 0 spiro atoms. The van der Waals surface area contributed by atoms with E-state index in [1.807, 2.05) is 27.7 Å². The number of rotatable bonds is 3. The first-order chi connectivity index (χ1) is 6.22. The van der Waals surface area contributed by atoms with E-state index in [1.54, 1.807) is 0 Å². The molecule has 0 saturated carbocycles. The highest BCUT2D eigenvalue weighted by Gasteiger charge is 2.38. The topological polar surface area (TPSA) is 77.0 Å². The van der Waals surface area contributed by atoms with Gasteiger partial charge in [-0.25, -0.2) is 0 Å². The largest absolute Gasteiger partial charge is 0.459 e. The number of hydrogen-bond donors (Lipinski definition) is 1. The van der Waals surface area contributed by atoms with Crippen LogP contribution >= 0.6 is 0 Å². The zero-order chi connectivity index (χ0) is 11.0. The molecule has 1 atom stereocenters. The van der Waals surface area contributed by atoms with Crippen LogP contribution < -0.4 is 5.73 Å². The van der Waals surface area contributed by atoms with Crippen LogP contribution in [-0.4, -0.2) is 23.3 Å². The van der Waals surface area contributed by atoms with Gasteiger partial charge in [0.1, 0.15) is 11.6 Å². The SMILES string of the molecule is CC1(C[C@H](N)C(=O)OC(C)(C)C)N=N1. The molecule has 0 aliphatic carbocycles. The van der Waals surface area contributed by atoms with Crippen molar-refractivity contribution in [1.29, 1.82) is 0 Å². The third-order valence-corrected chi connectivity index (χ3v) is 1.76. The summed E-state index contributed by atoms with van der Waals surface area (Å²) in [6.45, 7) is 7.26. The highest BCUT2D eigenvalue weighted by Crippen LogP contribution is 2.31. The molecule has 1 heterocycles. The van der Waals surface area contributed by atoms with Gasteiger partial charge < -0.3 is 10.5 Å². The van der Waals surface area contributed by atoms with Gasteiger partial charge in [-0.1, -0.05) is 0 Å². The summed E-state index contributed by atoms with van der Waals surface area (Å²) in [5, 5.41) is 7.58. The number of nitrogens with zero attached hydrogens (tertiary/aromatic N) is 2. The van der Waals surface area contributed by atoms with E-state index in [2.05, 4.69) is 10.2 Å². The van der Waals surface area contributed by atoms with Crippen molar-refractivity contribution in [2.24, 2.45) is 16.0 Å². The van der Waals surface area contributed by atoms with Gasteiger partial charge in [0.2, 0.25) is 0 Å². The van der Waals surface area contributed by atoms with Crippen LogP contribution in [0.25, 0.3) is 0 Å². The highest BCUT2D eigenvalue weighted by atomic mass is 16.6. The van der Waals surface area contributed by atoms with Gasteiger partial charge in [-0.05, 0) is 27.7 Å². The Bertz CT molecular complexity index is 262. The van der Waals surface area contributed by atoms with Crippen molar-refractivity contribution in [2.75, 3.05) is 0 Å². The number of carbonyl (C=O) groups excluding carboxylic acids is 1. The van der Waals surface area contributed by atoms with Crippen LogP contribution in [0.1, 0.15) is 34.1 Å². The molecule has 0 radical (unpaired) electrons. The lowest BCUT2D eigenvalue weighted by Crippen LogP contribution is -2.39. The van der Waals surface area contributed by atoms with Crippen molar-refractivity contribution in [1.82, 2.24) is 0 Å². The van der Waals surface area contributed by atoms with Crippen LogP contribution in [0.3, 0.4) is 0 Å². The minimum absolute atomic E-state index is 0.393. The Morgan fingerprint density at radius 1 is 1.50 bits per heavy atom. The monoisotopic (exact) mass is 199 g/mol. The summed E-state index contributed by atoms with van der Waals surface area (Å²) in [7, 11) is 0. The van der Waals surface area contributed by atoms with Gasteiger partial charge in [-0.3, -0.25) is 4.79 Å². The van der Waals surface area contributed by atoms with Gasteiger partial charge in [0.05, 0.1) is 0 Å². The van der Waals surface area contributed by atoms with Crippen molar-refractivity contribution < 1.29 is 9.53 Å². The normalized spacial score (nSPS) is 20.4. The van der Waals surface area contributed by atoms with Crippen LogP contribution in [0.5, 0.6) is 0 Å². The van der Waals surface area contributed by atoms with Crippen molar-refractivity contribution in [3.63, 3.8) is 0 Å². The van der Waals surface area contributed by atoms with E-state index >= 15 is 0 Å². The lowest BCUT2D eigenvalue weighted by atomic mass is 10.1. The van der Waals surface area contributed by atoms with Crippen LogP contribution in [0.4, 0.5) is 0 Å². The van der Waals surface area contributed by atoms with Gasteiger partial charge in [0, 0.05) is 6.42 Å². The third kappa shape index (κ3) is 3.41. The molecular formula is C9H17N3O2. The summed E-state index contributed by atoms with van der Waals surface area (Å²) in [4.78, 5) is 11.4. The predicted molar refractivity (Wildman–Crippen MR) is 51.7 cm³/mol. The second-order valence-corrected chi connectivity index (χ2v) is 4.76. The summed E-state index contributed by atoms with van der Waals surface area (Å²) in [5.74, 6) is -0.393. The molecule has 2 N–H and O–H groups in total. The van der Waals surface area contributed by atoms with Crippen LogP contribution in [0, 0.1) is 0 Å². The van der Waals surface area contributed by atoms with Gasteiger partial charge in [0.25, 0.3) is 0 Å². The maximum atomic E-state index is 11.4. The minimum atomic E-state index is -0.644. The fourth-order valence-electron chi connectivity index (χ4n) is 1.04. The summed E-state index contributed by atoms with van der Waals surface area (Å²) in [5.41, 5.74) is 4.72. The summed E-state index contributed by atoms with van der Waals surface area (Å²) in [6.07, 6.45) is 0.419. The molecule has 80 valence electrons. The van der Waals surface area contributed by atoms with E-state index in [1.165, 1.54) is 0 Å². The standard InChI is InChI=1S/C9H17N3O2/c1-8(2,3)14-7(13)6(10)5-9(4)11-12-9/h6H,5,10H2,1-4H3/t6-/m0/s1. The summed E-state index contributed by atoms with van der Waals surface area (Å²) < 4.78 is 5.13.